The molecule has 9 heteroatoms. The number of hydrogen-bond acceptors (Lipinski definition) is 5. The van der Waals surface area contributed by atoms with Crippen molar-refractivity contribution in [3.05, 3.63) is 58.1 Å². The van der Waals surface area contributed by atoms with Gasteiger partial charge in [-0.2, -0.15) is 5.10 Å². The van der Waals surface area contributed by atoms with Gasteiger partial charge in [-0.1, -0.05) is 41.4 Å². The summed E-state index contributed by atoms with van der Waals surface area (Å²) >= 11 is 11.8. The molecular formula is C18H15Cl2N3O4. The number of halogens is 2. The van der Waals surface area contributed by atoms with E-state index in [1.807, 2.05) is 6.07 Å². The Morgan fingerprint density at radius 1 is 1.19 bits per heavy atom. The van der Waals surface area contributed by atoms with Crippen LogP contribution in [0.25, 0.3) is 0 Å². The molecule has 0 bridgehead atoms. The predicted octanol–water partition coefficient (Wildman–Crippen LogP) is 2.40. The van der Waals surface area contributed by atoms with Crippen molar-refractivity contribution in [2.75, 3.05) is 13.2 Å². The molecule has 7 nitrogen and oxygen atoms in total. The van der Waals surface area contributed by atoms with Gasteiger partial charge >= 0.3 is 0 Å². The Bertz CT molecular complexity index is 889. The van der Waals surface area contributed by atoms with Crippen molar-refractivity contribution in [3.8, 4) is 11.5 Å². The Hall–Kier alpha value is -2.77. The summed E-state index contributed by atoms with van der Waals surface area (Å²) in [5.74, 6) is 0.110. The molecule has 0 aliphatic carbocycles. The first-order valence-corrected chi connectivity index (χ1v) is 8.71. The van der Waals surface area contributed by atoms with Crippen LogP contribution in [0.2, 0.25) is 10.0 Å². The van der Waals surface area contributed by atoms with Crippen LogP contribution >= 0.6 is 23.2 Å². The summed E-state index contributed by atoms with van der Waals surface area (Å²) in [5, 5.41) is 7.18. The number of benzene rings is 2. The van der Waals surface area contributed by atoms with Gasteiger partial charge in [0.1, 0.15) is 6.61 Å². The summed E-state index contributed by atoms with van der Waals surface area (Å²) in [7, 11) is 0. The molecule has 2 aromatic carbocycles. The van der Waals surface area contributed by atoms with Crippen LogP contribution in [0.15, 0.2) is 47.6 Å². The fourth-order valence-corrected chi connectivity index (χ4v) is 2.71. The lowest BCUT2D eigenvalue weighted by Gasteiger charge is -2.25. The molecule has 2 amide bonds. The number of para-hydroxylation sites is 2. The van der Waals surface area contributed by atoms with Crippen molar-refractivity contribution in [2.24, 2.45) is 5.10 Å². The summed E-state index contributed by atoms with van der Waals surface area (Å²) < 4.78 is 11.0. The molecule has 2 N–H and O–H groups in total. The van der Waals surface area contributed by atoms with E-state index in [0.29, 0.717) is 27.1 Å². The molecule has 0 aromatic heterocycles. The second kappa shape index (κ2) is 8.75. The van der Waals surface area contributed by atoms with Crippen molar-refractivity contribution in [1.29, 1.82) is 0 Å². The van der Waals surface area contributed by atoms with Gasteiger partial charge in [0.15, 0.2) is 11.5 Å². The Morgan fingerprint density at radius 3 is 2.74 bits per heavy atom. The Labute approximate surface area is 165 Å². The van der Waals surface area contributed by atoms with E-state index in [1.54, 1.807) is 36.4 Å². The number of carbonyl (C=O) groups is 2. The first-order chi connectivity index (χ1) is 13.0. The fraction of sp³-hybridized carbons (Fsp3) is 0.167. The van der Waals surface area contributed by atoms with Gasteiger partial charge in [-0.3, -0.25) is 9.59 Å². The minimum atomic E-state index is -0.830. The summed E-state index contributed by atoms with van der Waals surface area (Å²) in [4.78, 5) is 23.9. The average molecular weight is 408 g/mol. The van der Waals surface area contributed by atoms with Crippen LogP contribution in [0.4, 0.5) is 0 Å². The van der Waals surface area contributed by atoms with E-state index in [9.17, 15) is 9.59 Å². The van der Waals surface area contributed by atoms with E-state index in [-0.39, 0.29) is 13.2 Å². The summed E-state index contributed by atoms with van der Waals surface area (Å²) in [5.41, 5.74) is 2.89. The van der Waals surface area contributed by atoms with Crippen LogP contribution in [0.3, 0.4) is 0 Å². The molecular weight excluding hydrogens is 393 g/mol. The predicted molar refractivity (Wildman–Crippen MR) is 102 cm³/mol. The summed E-state index contributed by atoms with van der Waals surface area (Å²) in [6.07, 6.45) is 0.553. The summed E-state index contributed by atoms with van der Waals surface area (Å²) in [6.45, 7) is -0.191. The smallest absolute Gasteiger partial charge is 0.265 e. The Balaban J connectivity index is 1.45. The molecule has 140 valence electrons. The molecule has 1 heterocycles. The van der Waals surface area contributed by atoms with Gasteiger partial charge in [0.25, 0.3) is 11.8 Å². The molecule has 0 saturated heterocycles. The maximum absolute atomic E-state index is 12.1. The third kappa shape index (κ3) is 5.12. The first kappa shape index (κ1) is 19.0. The molecule has 27 heavy (non-hydrogen) atoms. The molecule has 0 saturated carbocycles. The summed E-state index contributed by atoms with van der Waals surface area (Å²) in [6, 6.07) is 11.9. The molecule has 1 aliphatic heterocycles. The monoisotopic (exact) mass is 407 g/mol. The zero-order valence-corrected chi connectivity index (χ0v) is 15.5. The average Bonchev–Trinajstić information content (AvgIpc) is 2.67. The topological polar surface area (TPSA) is 89.0 Å². The van der Waals surface area contributed by atoms with Gasteiger partial charge in [-0.05, 0) is 24.3 Å². The molecule has 2 aromatic rings. The molecule has 0 fully saturated rings. The Kier molecular flexibility index (Phi) is 6.16. The van der Waals surface area contributed by atoms with Crippen molar-refractivity contribution in [1.82, 2.24) is 10.7 Å². The normalized spacial score (nSPS) is 15.4. The zero-order valence-electron chi connectivity index (χ0n) is 13.9. The van der Waals surface area contributed by atoms with Gasteiger partial charge in [0.2, 0.25) is 6.10 Å². The number of hydrazone groups is 1. The van der Waals surface area contributed by atoms with Crippen LogP contribution in [0.1, 0.15) is 5.56 Å². The van der Waals surface area contributed by atoms with Gasteiger partial charge in [0, 0.05) is 10.6 Å². The van der Waals surface area contributed by atoms with Crippen LogP contribution in [-0.4, -0.2) is 37.3 Å². The van der Waals surface area contributed by atoms with Gasteiger partial charge in [-0.25, -0.2) is 5.43 Å². The number of fused-ring (bicyclic) bond motifs is 1. The quantitative estimate of drug-likeness (QED) is 0.588. The molecule has 0 spiro atoms. The SMILES string of the molecule is O=C(CNC(=O)C1COc2ccccc2O1)N/N=C\c1ccc(Cl)cc1Cl. The third-order valence-electron chi connectivity index (χ3n) is 3.58. The lowest BCUT2D eigenvalue weighted by molar-refractivity contribution is -0.132. The highest BCUT2D eigenvalue weighted by Crippen LogP contribution is 2.30. The number of amides is 2. The molecule has 3 rings (SSSR count). The Morgan fingerprint density at radius 2 is 1.96 bits per heavy atom. The first-order valence-electron chi connectivity index (χ1n) is 7.96. The number of nitrogens with zero attached hydrogens (tertiary/aromatic N) is 1. The zero-order chi connectivity index (χ0) is 19.2. The van der Waals surface area contributed by atoms with Crippen LogP contribution in [0, 0.1) is 0 Å². The number of hydrogen-bond donors (Lipinski definition) is 2. The van der Waals surface area contributed by atoms with E-state index in [4.69, 9.17) is 32.7 Å². The minimum Gasteiger partial charge on any atom is -0.485 e. The molecule has 1 atom stereocenters. The fourth-order valence-electron chi connectivity index (χ4n) is 2.25. The van der Waals surface area contributed by atoms with Crippen molar-refractivity contribution in [2.45, 2.75) is 6.10 Å². The van der Waals surface area contributed by atoms with E-state index in [1.165, 1.54) is 6.21 Å². The largest absolute Gasteiger partial charge is 0.485 e. The highest BCUT2D eigenvalue weighted by Gasteiger charge is 2.27. The maximum atomic E-state index is 12.1. The van der Waals surface area contributed by atoms with E-state index < -0.39 is 17.9 Å². The van der Waals surface area contributed by atoms with Crippen LogP contribution in [0.5, 0.6) is 11.5 Å². The number of nitrogens with one attached hydrogen (secondary N) is 2. The lowest BCUT2D eigenvalue weighted by Crippen LogP contribution is -2.46. The molecule has 1 aliphatic rings. The number of ether oxygens (including phenoxy) is 2. The van der Waals surface area contributed by atoms with E-state index in [2.05, 4.69) is 15.8 Å². The molecule has 0 radical (unpaired) electrons. The number of carbonyl (C=O) groups excluding carboxylic acids is 2. The highest BCUT2D eigenvalue weighted by molar-refractivity contribution is 6.36. The van der Waals surface area contributed by atoms with E-state index >= 15 is 0 Å². The highest BCUT2D eigenvalue weighted by atomic mass is 35.5. The van der Waals surface area contributed by atoms with Gasteiger partial charge in [-0.15, -0.1) is 0 Å². The van der Waals surface area contributed by atoms with E-state index in [0.717, 1.165) is 0 Å². The second-order valence-electron chi connectivity index (χ2n) is 5.54. The minimum absolute atomic E-state index is 0.0671. The molecule has 1 unspecified atom stereocenters. The van der Waals surface area contributed by atoms with Crippen molar-refractivity contribution in [3.63, 3.8) is 0 Å². The second-order valence-corrected chi connectivity index (χ2v) is 6.38. The van der Waals surface area contributed by atoms with Gasteiger partial charge < -0.3 is 14.8 Å². The maximum Gasteiger partial charge on any atom is 0.265 e. The standard InChI is InChI=1S/C18H15Cl2N3O4/c19-12-6-5-11(13(20)7-12)8-22-23-17(24)9-21-18(25)16-10-26-14-3-1-2-4-15(14)27-16/h1-8,16H,9-10H2,(H,21,25)(H,23,24)/b22-8-. The van der Waals surface area contributed by atoms with Gasteiger partial charge in [0.05, 0.1) is 17.8 Å². The number of rotatable bonds is 5. The van der Waals surface area contributed by atoms with Crippen LogP contribution in [-0.2, 0) is 9.59 Å². The van der Waals surface area contributed by atoms with Crippen molar-refractivity contribution >= 4 is 41.2 Å². The van der Waals surface area contributed by atoms with Crippen LogP contribution < -0.4 is 20.2 Å². The third-order valence-corrected chi connectivity index (χ3v) is 4.14. The lowest BCUT2D eigenvalue weighted by atomic mass is 10.2. The van der Waals surface area contributed by atoms with Crippen molar-refractivity contribution < 1.29 is 19.1 Å².